The van der Waals surface area contributed by atoms with Gasteiger partial charge in [-0.2, -0.15) is 0 Å². The fraction of sp³-hybridized carbons (Fsp3) is 0.735. The first kappa shape index (κ1) is 30.7. The minimum Gasteiger partial charge on any atom is -0.366 e. The number of nitrogens with zero attached hydrogens (tertiary/aromatic N) is 2. The van der Waals surface area contributed by atoms with Crippen LogP contribution in [0.15, 0.2) is 42.6 Å². The molecule has 1 aromatic heterocycles. The molecule has 2 nitrogen and oxygen atoms in total. The van der Waals surface area contributed by atoms with Crippen molar-refractivity contribution >= 4 is 5.70 Å². The van der Waals surface area contributed by atoms with Crippen LogP contribution in [0.5, 0.6) is 0 Å². The van der Waals surface area contributed by atoms with E-state index >= 15 is 0 Å². The molecule has 1 aromatic rings. The standard InChI is InChI=1S/C34H58N2/c1-2-3-4-5-6-7-8-9-10-11-12-13-14-15-16-17-18-19-20-21-22-26-31-36-32-27-24-29-34(36)33-28-23-25-30-35-33/h23-25,27-30H,2-22,26,31-32H2,1H3. The summed E-state index contributed by atoms with van der Waals surface area (Å²) in [6, 6.07) is 6.20. The van der Waals surface area contributed by atoms with Crippen molar-refractivity contribution in [2.24, 2.45) is 0 Å². The first-order chi connectivity index (χ1) is 17.9. The molecule has 36 heavy (non-hydrogen) atoms. The van der Waals surface area contributed by atoms with E-state index in [0.717, 1.165) is 18.8 Å². The van der Waals surface area contributed by atoms with Gasteiger partial charge in [-0.3, -0.25) is 4.98 Å². The number of unbranched alkanes of at least 4 members (excludes halogenated alkanes) is 21. The van der Waals surface area contributed by atoms with Gasteiger partial charge in [-0.05, 0) is 24.6 Å². The SMILES string of the molecule is CCCCCCCCCCCCCCCCCCCCCCCCN1CC=CC=C1c1ccccn1. The Morgan fingerprint density at radius 2 is 1.08 bits per heavy atom. The monoisotopic (exact) mass is 494 g/mol. The van der Waals surface area contributed by atoms with Crippen LogP contribution < -0.4 is 0 Å². The van der Waals surface area contributed by atoms with Crippen LogP contribution in [-0.2, 0) is 0 Å². The quantitative estimate of drug-likeness (QED) is 0.133. The van der Waals surface area contributed by atoms with Crippen molar-refractivity contribution in [3.05, 3.63) is 48.3 Å². The maximum atomic E-state index is 4.55. The lowest BCUT2D eigenvalue weighted by Crippen LogP contribution is -2.25. The zero-order valence-electron chi connectivity index (χ0n) is 23.9. The van der Waals surface area contributed by atoms with Gasteiger partial charge in [0, 0.05) is 19.3 Å². The number of hydrogen-bond donors (Lipinski definition) is 0. The molecule has 0 saturated carbocycles. The topological polar surface area (TPSA) is 16.1 Å². The Balaban J connectivity index is 1.29. The minimum absolute atomic E-state index is 1.02. The van der Waals surface area contributed by atoms with E-state index in [4.69, 9.17) is 0 Å². The average Bonchev–Trinajstić information content (AvgIpc) is 2.92. The van der Waals surface area contributed by atoms with Gasteiger partial charge in [0.1, 0.15) is 0 Å². The summed E-state index contributed by atoms with van der Waals surface area (Å²) in [5.74, 6) is 0. The normalized spacial score (nSPS) is 13.4. The Bertz CT molecular complexity index is 663. The first-order valence-corrected chi connectivity index (χ1v) is 15.9. The zero-order chi connectivity index (χ0) is 25.4. The average molecular weight is 495 g/mol. The zero-order valence-corrected chi connectivity index (χ0v) is 23.9. The van der Waals surface area contributed by atoms with Crippen LogP contribution >= 0.6 is 0 Å². The highest BCUT2D eigenvalue weighted by Gasteiger charge is 2.13. The Morgan fingerprint density at radius 1 is 0.611 bits per heavy atom. The van der Waals surface area contributed by atoms with Crippen molar-refractivity contribution in [1.29, 1.82) is 0 Å². The van der Waals surface area contributed by atoms with E-state index in [1.165, 1.54) is 147 Å². The molecule has 2 heteroatoms. The molecule has 0 spiro atoms. The summed E-state index contributed by atoms with van der Waals surface area (Å²) < 4.78 is 0. The predicted molar refractivity (Wildman–Crippen MR) is 160 cm³/mol. The summed E-state index contributed by atoms with van der Waals surface area (Å²) >= 11 is 0. The van der Waals surface area contributed by atoms with E-state index in [2.05, 4.69) is 47.2 Å². The van der Waals surface area contributed by atoms with Crippen LogP contribution in [0.4, 0.5) is 0 Å². The van der Waals surface area contributed by atoms with Crippen LogP contribution in [0.25, 0.3) is 5.70 Å². The van der Waals surface area contributed by atoms with E-state index in [-0.39, 0.29) is 0 Å². The third kappa shape index (κ3) is 15.5. The van der Waals surface area contributed by atoms with E-state index in [0.29, 0.717) is 0 Å². The number of hydrogen-bond acceptors (Lipinski definition) is 2. The number of allylic oxidation sites excluding steroid dienone is 2. The Labute approximate surface area is 225 Å². The van der Waals surface area contributed by atoms with Gasteiger partial charge in [0.25, 0.3) is 0 Å². The smallest absolute Gasteiger partial charge is 0.0863 e. The summed E-state index contributed by atoms with van der Waals surface area (Å²) in [6.45, 7) is 4.46. The number of pyridine rings is 1. The van der Waals surface area contributed by atoms with Gasteiger partial charge < -0.3 is 4.90 Å². The van der Waals surface area contributed by atoms with Gasteiger partial charge in [-0.1, -0.05) is 160 Å². The highest BCUT2D eigenvalue weighted by atomic mass is 15.1. The predicted octanol–water partition coefficient (Wildman–Crippen LogP) is 10.9. The molecule has 204 valence electrons. The fourth-order valence-corrected chi connectivity index (χ4v) is 5.44. The van der Waals surface area contributed by atoms with E-state index in [1.807, 2.05) is 12.3 Å². The van der Waals surface area contributed by atoms with Crippen molar-refractivity contribution < 1.29 is 0 Å². The van der Waals surface area contributed by atoms with Gasteiger partial charge in [0.05, 0.1) is 11.4 Å². The summed E-state index contributed by atoms with van der Waals surface area (Å²) in [5, 5.41) is 0. The minimum atomic E-state index is 1.02. The largest absolute Gasteiger partial charge is 0.366 e. The van der Waals surface area contributed by atoms with Crippen molar-refractivity contribution in [3.8, 4) is 0 Å². The summed E-state index contributed by atoms with van der Waals surface area (Å²) in [7, 11) is 0. The van der Waals surface area contributed by atoms with Gasteiger partial charge in [-0.25, -0.2) is 0 Å². The Morgan fingerprint density at radius 3 is 1.53 bits per heavy atom. The van der Waals surface area contributed by atoms with Crippen LogP contribution in [0.3, 0.4) is 0 Å². The molecule has 2 heterocycles. The lowest BCUT2D eigenvalue weighted by molar-refractivity contribution is 0.410. The van der Waals surface area contributed by atoms with Gasteiger partial charge in [-0.15, -0.1) is 0 Å². The molecule has 1 aliphatic heterocycles. The number of rotatable bonds is 24. The third-order valence-electron chi connectivity index (χ3n) is 7.77. The van der Waals surface area contributed by atoms with Crippen LogP contribution in [0.2, 0.25) is 0 Å². The molecule has 0 aromatic carbocycles. The molecule has 0 bridgehead atoms. The second-order valence-electron chi connectivity index (χ2n) is 11.1. The molecular weight excluding hydrogens is 436 g/mol. The van der Waals surface area contributed by atoms with E-state index < -0.39 is 0 Å². The Kier molecular flexibility index (Phi) is 19.3. The van der Waals surface area contributed by atoms with Crippen molar-refractivity contribution in [2.75, 3.05) is 13.1 Å². The third-order valence-corrected chi connectivity index (χ3v) is 7.77. The van der Waals surface area contributed by atoms with Crippen LogP contribution in [0, 0.1) is 0 Å². The fourth-order valence-electron chi connectivity index (χ4n) is 5.44. The molecule has 0 amide bonds. The van der Waals surface area contributed by atoms with Crippen molar-refractivity contribution in [2.45, 2.75) is 148 Å². The molecule has 0 saturated heterocycles. The molecular formula is C34H58N2. The first-order valence-electron chi connectivity index (χ1n) is 15.9. The summed E-state index contributed by atoms with van der Waals surface area (Å²) in [6.07, 6.45) is 40.3. The molecule has 2 rings (SSSR count). The molecule has 0 fully saturated rings. The highest BCUT2D eigenvalue weighted by Crippen LogP contribution is 2.21. The molecule has 0 atom stereocenters. The molecule has 0 unspecified atom stereocenters. The van der Waals surface area contributed by atoms with Gasteiger partial charge >= 0.3 is 0 Å². The lowest BCUT2D eigenvalue weighted by Gasteiger charge is -2.28. The highest BCUT2D eigenvalue weighted by molar-refractivity contribution is 5.63. The maximum absolute atomic E-state index is 4.55. The molecule has 0 radical (unpaired) electrons. The maximum Gasteiger partial charge on any atom is 0.0863 e. The lowest BCUT2D eigenvalue weighted by atomic mass is 10.0. The van der Waals surface area contributed by atoms with E-state index in [1.54, 1.807) is 0 Å². The summed E-state index contributed by atoms with van der Waals surface area (Å²) in [5.41, 5.74) is 2.38. The van der Waals surface area contributed by atoms with Crippen LogP contribution in [0.1, 0.15) is 154 Å². The second-order valence-corrected chi connectivity index (χ2v) is 11.1. The number of aromatic nitrogens is 1. The molecule has 1 aliphatic rings. The molecule has 0 aliphatic carbocycles. The van der Waals surface area contributed by atoms with Crippen LogP contribution in [-0.4, -0.2) is 23.0 Å². The van der Waals surface area contributed by atoms with Gasteiger partial charge in [0.2, 0.25) is 0 Å². The van der Waals surface area contributed by atoms with Gasteiger partial charge in [0.15, 0.2) is 0 Å². The second kappa shape index (κ2) is 22.6. The Hall–Kier alpha value is -1.57. The van der Waals surface area contributed by atoms with Crippen molar-refractivity contribution in [1.82, 2.24) is 9.88 Å². The summed E-state index contributed by atoms with van der Waals surface area (Å²) in [4.78, 5) is 7.03. The molecule has 0 N–H and O–H groups in total. The van der Waals surface area contributed by atoms with E-state index in [9.17, 15) is 0 Å². The van der Waals surface area contributed by atoms with Crippen molar-refractivity contribution in [3.63, 3.8) is 0 Å².